The van der Waals surface area contributed by atoms with Crippen molar-refractivity contribution in [2.45, 2.75) is 38.0 Å². The Kier molecular flexibility index (Phi) is 10.2. The molecule has 2 saturated heterocycles. The van der Waals surface area contributed by atoms with Crippen molar-refractivity contribution in [3.8, 4) is 5.75 Å². The fourth-order valence-electron chi connectivity index (χ4n) is 7.20. The van der Waals surface area contributed by atoms with E-state index in [1.54, 1.807) is 19.3 Å². The van der Waals surface area contributed by atoms with Crippen LogP contribution in [0.25, 0.3) is 21.8 Å². The molecule has 3 amide bonds. The van der Waals surface area contributed by atoms with E-state index in [9.17, 15) is 19.2 Å². The van der Waals surface area contributed by atoms with Crippen molar-refractivity contribution in [1.29, 1.82) is 0 Å². The SMILES string of the molecule is CNC(=O)COc1cc2cc(Nc3nc(N4CCC[C@H](CCNc5cccc6c([C@H]7CCC(=O)NC7=O)nn(C)c56)C4)ncc3Cl)ccc2n(C)c1=O. The molecule has 2 atom stereocenters. The Morgan fingerprint density at radius 1 is 1.11 bits per heavy atom. The molecular weight excluding hydrogens is 700 g/mol. The second-order valence-electron chi connectivity index (χ2n) is 13.5. The standard InChI is InChI=1S/C37H41ClN10O5/c1-39-31(50)20-53-29-17-22-16-23(9-11-28(22)46(2)36(29)52)42-34-26(38)18-41-37(44-34)48-15-5-6-21(19-48)13-14-40-27-8-4-7-24-32(45-47(3)33(24)27)25-10-12-30(49)43-35(25)51/h4,7-9,11,16-18,21,25,40H,5-6,10,12-15,19-20H2,1-3H3,(H,39,50)(H,41,42,44)(H,43,49,51)/t21-,25-/m1/s1. The zero-order valence-electron chi connectivity index (χ0n) is 29.7. The molecule has 15 nitrogen and oxygen atoms in total. The van der Waals surface area contributed by atoms with Crippen LogP contribution in [0.4, 0.5) is 23.1 Å². The van der Waals surface area contributed by atoms with Gasteiger partial charge in [-0.15, -0.1) is 0 Å². The number of imide groups is 1. The van der Waals surface area contributed by atoms with Gasteiger partial charge in [0.25, 0.3) is 11.5 Å². The van der Waals surface area contributed by atoms with Crippen molar-refractivity contribution < 1.29 is 19.1 Å². The highest BCUT2D eigenvalue weighted by atomic mass is 35.5. The van der Waals surface area contributed by atoms with Gasteiger partial charge in [-0.2, -0.15) is 10.1 Å². The third-order valence-electron chi connectivity index (χ3n) is 9.96. The minimum Gasteiger partial charge on any atom is -0.478 e. The number of fused-ring (bicyclic) bond motifs is 2. The summed E-state index contributed by atoms with van der Waals surface area (Å²) >= 11 is 6.57. The van der Waals surface area contributed by atoms with Crippen molar-refractivity contribution >= 4 is 74.3 Å². The van der Waals surface area contributed by atoms with Crippen molar-refractivity contribution in [3.05, 3.63) is 69.7 Å². The Hall–Kier alpha value is -5.70. The molecule has 0 bridgehead atoms. The van der Waals surface area contributed by atoms with Gasteiger partial charge >= 0.3 is 0 Å². The first-order valence-corrected chi connectivity index (χ1v) is 18.0. The molecule has 0 unspecified atom stereocenters. The van der Waals surface area contributed by atoms with Gasteiger partial charge in [-0.1, -0.05) is 23.7 Å². The average molecular weight is 741 g/mol. The highest BCUT2D eigenvalue weighted by Crippen LogP contribution is 2.34. The predicted molar refractivity (Wildman–Crippen MR) is 203 cm³/mol. The zero-order valence-corrected chi connectivity index (χ0v) is 30.5. The summed E-state index contributed by atoms with van der Waals surface area (Å²) in [6.45, 7) is 2.10. The molecule has 16 heteroatoms. The van der Waals surface area contributed by atoms with E-state index in [1.165, 1.54) is 11.6 Å². The number of aryl methyl sites for hydroxylation is 2. The lowest BCUT2D eigenvalue weighted by atomic mass is 9.92. The third-order valence-corrected chi connectivity index (χ3v) is 10.2. The largest absolute Gasteiger partial charge is 0.478 e. The highest BCUT2D eigenvalue weighted by Gasteiger charge is 2.32. The van der Waals surface area contributed by atoms with E-state index in [0.717, 1.165) is 60.9 Å². The summed E-state index contributed by atoms with van der Waals surface area (Å²) in [5.41, 5.74) is 3.64. The Balaban J connectivity index is 1.01. The van der Waals surface area contributed by atoms with Gasteiger partial charge in [-0.3, -0.25) is 29.2 Å². The molecule has 5 heterocycles. The molecule has 0 saturated carbocycles. The van der Waals surface area contributed by atoms with Crippen LogP contribution in [0, 0.1) is 5.92 Å². The smallest absolute Gasteiger partial charge is 0.293 e. The summed E-state index contributed by atoms with van der Waals surface area (Å²) in [5, 5.41) is 18.6. The van der Waals surface area contributed by atoms with Crippen LogP contribution in [0.15, 0.2) is 53.5 Å². The van der Waals surface area contributed by atoms with Gasteiger partial charge in [-0.05, 0) is 61.9 Å². The Morgan fingerprint density at radius 2 is 1.96 bits per heavy atom. The van der Waals surface area contributed by atoms with Crippen LogP contribution in [0.1, 0.15) is 43.7 Å². The van der Waals surface area contributed by atoms with E-state index in [0.29, 0.717) is 52.4 Å². The van der Waals surface area contributed by atoms with Crippen molar-refractivity contribution in [2.24, 2.45) is 20.0 Å². The summed E-state index contributed by atoms with van der Waals surface area (Å²) in [6.07, 6.45) is 5.37. The van der Waals surface area contributed by atoms with Crippen LogP contribution in [0.5, 0.6) is 5.75 Å². The normalized spacial score (nSPS) is 17.5. The van der Waals surface area contributed by atoms with Crippen molar-refractivity contribution in [2.75, 3.05) is 48.8 Å². The first-order chi connectivity index (χ1) is 25.6. The van der Waals surface area contributed by atoms with Crippen LogP contribution in [-0.2, 0) is 28.5 Å². The molecule has 5 aromatic rings. The summed E-state index contributed by atoms with van der Waals surface area (Å²) in [5.74, 6) is 0.202. The molecule has 53 heavy (non-hydrogen) atoms. The maximum absolute atomic E-state index is 12.8. The van der Waals surface area contributed by atoms with E-state index in [-0.39, 0.29) is 35.6 Å². The van der Waals surface area contributed by atoms with Crippen LogP contribution in [-0.4, -0.2) is 75.3 Å². The number of piperidine rings is 2. The number of nitrogens with zero attached hydrogens (tertiary/aromatic N) is 6. The maximum atomic E-state index is 12.8. The predicted octanol–water partition coefficient (Wildman–Crippen LogP) is 3.98. The number of para-hydroxylation sites is 1. The van der Waals surface area contributed by atoms with Gasteiger partial charge < -0.3 is 30.2 Å². The number of anilines is 4. The van der Waals surface area contributed by atoms with Gasteiger partial charge in [0.15, 0.2) is 18.2 Å². The van der Waals surface area contributed by atoms with Crippen molar-refractivity contribution in [1.82, 2.24) is 34.9 Å². The first-order valence-electron chi connectivity index (χ1n) is 17.6. The van der Waals surface area contributed by atoms with Crippen LogP contribution in [0.3, 0.4) is 0 Å². The molecule has 2 fully saturated rings. The topological polar surface area (TPSA) is 177 Å². The molecule has 0 radical (unpaired) electrons. The second kappa shape index (κ2) is 15.1. The quantitative estimate of drug-likeness (QED) is 0.144. The molecule has 0 aliphatic carbocycles. The number of aromatic nitrogens is 5. The number of halogens is 1. The Morgan fingerprint density at radius 3 is 2.77 bits per heavy atom. The van der Waals surface area contributed by atoms with Gasteiger partial charge in [-0.25, -0.2) is 4.98 Å². The highest BCUT2D eigenvalue weighted by molar-refractivity contribution is 6.33. The number of nitrogens with one attached hydrogen (secondary N) is 4. The van der Waals surface area contributed by atoms with Crippen LogP contribution in [0.2, 0.25) is 5.02 Å². The molecule has 3 aromatic heterocycles. The lowest BCUT2D eigenvalue weighted by Gasteiger charge is -2.33. The summed E-state index contributed by atoms with van der Waals surface area (Å²) in [6, 6.07) is 13.1. The summed E-state index contributed by atoms with van der Waals surface area (Å²) in [4.78, 5) is 60.4. The number of pyridine rings is 1. The molecular formula is C37H41ClN10O5. The minimum absolute atomic E-state index is 0.0749. The fraction of sp³-hybridized carbons (Fsp3) is 0.378. The number of likely N-dealkylation sites (N-methyl/N-ethyl adjacent to an activating group) is 1. The lowest BCUT2D eigenvalue weighted by Crippen LogP contribution is -2.39. The Bertz CT molecular complexity index is 2290. The number of benzene rings is 2. The van der Waals surface area contributed by atoms with Gasteiger partial charge in [0, 0.05) is 63.7 Å². The fourth-order valence-corrected chi connectivity index (χ4v) is 7.33. The van der Waals surface area contributed by atoms with Gasteiger partial charge in [0.05, 0.1) is 34.5 Å². The van der Waals surface area contributed by atoms with Gasteiger partial charge in [0.2, 0.25) is 17.8 Å². The van der Waals surface area contributed by atoms with Crippen LogP contribution >= 0.6 is 11.6 Å². The molecule has 4 N–H and O–H groups in total. The van der Waals surface area contributed by atoms with Crippen molar-refractivity contribution in [3.63, 3.8) is 0 Å². The number of carbonyl (C=O) groups is 3. The molecule has 7 rings (SSSR count). The number of hydrogen-bond donors (Lipinski definition) is 4. The zero-order chi connectivity index (χ0) is 37.2. The van der Waals surface area contributed by atoms with E-state index < -0.39 is 5.92 Å². The number of carbonyl (C=O) groups excluding carboxylic acids is 3. The Labute approximate surface area is 310 Å². The molecule has 276 valence electrons. The molecule has 0 spiro atoms. The monoisotopic (exact) mass is 740 g/mol. The number of ether oxygens (including phenoxy) is 1. The van der Waals surface area contributed by atoms with E-state index >= 15 is 0 Å². The molecule has 2 aliphatic heterocycles. The van der Waals surface area contributed by atoms with E-state index in [4.69, 9.17) is 26.4 Å². The molecule has 2 aromatic carbocycles. The summed E-state index contributed by atoms with van der Waals surface area (Å²) < 4.78 is 8.79. The third kappa shape index (κ3) is 7.47. The minimum atomic E-state index is -0.453. The average Bonchev–Trinajstić information content (AvgIpc) is 3.49. The first kappa shape index (κ1) is 35.7. The van der Waals surface area contributed by atoms with Gasteiger partial charge in [0.1, 0.15) is 5.02 Å². The van der Waals surface area contributed by atoms with E-state index in [2.05, 4.69) is 31.2 Å². The second-order valence-corrected chi connectivity index (χ2v) is 13.9. The number of amides is 3. The maximum Gasteiger partial charge on any atom is 0.293 e. The number of rotatable bonds is 11. The summed E-state index contributed by atoms with van der Waals surface area (Å²) in [7, 11) is 5.04. The number of hydrogen-bond acceptors (Lipinski definition) is 11. The van der Waals surface area contributed by atoms with E-state index in [1.807, 2.05) is 48.1 Å². The molecule has 2 aliphatic rings. The lowest BCUT2D eigenvalue weighted by molar-refractivity contribution is -0.134. The van der Waals surface area contributed by atoms with Crippen LogP contribution < -0.4 is 36.5 Å².